The van der Waals surface area contributed by atoms with Crippen LogP contribution in [-0.4, -0.2) is 37.8 Å². The Morgan fingerprint density at radius 1 is 1.92 bits per heavy atom. The molecule has 1 rings (SSSR count). The molecule has 0 aliphatic carbocycles. The summed E-state index contributed by atoms with van der Waals surface area (Å²) >= 11 is 0. The van der Waals surface area contributed by atoms with Crippen molar-refractivity contribution in [3.8, 4) is 0 Å². The number of nitrogens with zero attached hydrogens (tertiary/aromatic N) is 1. The fraction of sp³-hybridized carbons (Fsp3) is 0.714. The van der Waals surface area contributed by atoms with E-state index < -0.39 is 24.3 Å². The molecule has 0 aromatic rings. The third kappa shape index (κ3) is 1.26. The lowest BCUT2D eigenvalue weighted by atomic mass is 9.99. The van der Waals surface area contributed by atoms with Crippen molar-refractivity contribution < 1.29 is 18.7 Å². The van der Waals surface area contributed by atoms with Gasteiger partial charge in [0.1, 0.15) is 6.67 Å². The van der Waals surface area contributed by atoms with E-state index in [2.05, 4.69) is 9.73 Å². The smallest absolute Gasteiger partial charge is 0.335 e. The zero-order valence-corrected chi connectivity index (χ0v) is 6.91. The van der Waals surface area contributed by atoms with Crippen LogP contribution >= 0.6 is 0 Å². The molecule has 1 aliphatic heterocycles. The zero-order valence-electron chi connectivity index (χ0n) is 6.91. The van der Waals surface area contributed by atoms with Crippen LogP contribution in [0.4, 0.5) is 4.39 Å². The predicted molar refractivity (Wildman–Crippen MR) is 39.8 cm³/mol. The number of hydrogen-bond donors (Lipinski definition) is 0. The van der Waals surface area contributed by atoms with E-state index in [-0.39, 0.29) is 0 Å². The highest BCUT2D eigenvalue weighted by Crippen LogP contribution is 2.24. The molecular formula is C7H10FNO3. The van der Waals surface area contributed by atoms with Gasteiger partial charge in [-0.3, -0.25) is 0 Å². The Hall–Kier alpha value is -1.13. The number of hydrogen-bond acceptors (Lipinski definition) is 4. The number of carbonyl (C=O) groups excluding carboxylic acids is 1. The Labute approximate surface area is 69.4 Å². The minimum atomic E-state index is -1.19. The molecule has 1 aliphatic rings. The maximum Gasteiger partial charge on any atom is 0.335 e. The summed E-state index contributed by atoms with van der Waals surface area (Å²) in [4.78, 5) is 14.7. The van der Waals surface area contributed by atoms with Crippen LogP contribution in [0.25, 0.3) is 0 Å². The predicted octanol–water partition coefficient (Wildman–Crippen LogP) is 0.315. The van der Waals surface area contributed by atoms with E-state index in [1.807, 2.05) is 0 Å². The van der Waals surface area contributed by atoms with Gasteiger partial charge in [0.05, 0.1) is 7.11 Å². The van der Waals surface area contributed by atoms with E-state index in [1.165, 1.54) is 14.0 Å². The number of alkyl halides is 1. The summed E-state index contributed by atoms with van der Waals surface area (Å²) in [7, 11) is 1.23. The first-order valence-corrected chi connectivity index (χ1v) is 3.47. The molecular weight excluding hydrogens is 165 g/mol. The zero-order chi connectivity index (χ0) is 9.19. The summed E-state index contributed by atoms with van der Waals surface area (Å²) in [5.41, 5.74) is -1.19. The molecule has 12 heavy (non-hydrogen) atoms. The summed E-state index contributed by atoms with van der Waals surface area (Å²) in [6, 6.07) is -0.882. The van der Waals surface area contributed by atoms with Gasteiger partial charge in [-0.25, -0.2) is 14.2 Å². The lowest BCUT2D eigenvalue weighted by molar-refractivity contribution is -0.146. The molecule has 0 bridgehead atoms. The van der Waals surface area contributed by atoms with E-state index in [1.54, 1.807) is 0 Å². The van der Waals surface area contributed by atoms with Crippen LogP contribution in [0, 0.1) is 0 Å². The molecule has 0 aromatic carbocycles. The first-order chi connectivity index (χ1) is 5.64. The maximum atomic E-state index is 12.4. The second-order valence-electron chi connectivity index (χ2n) is 2.74. The van der Waals surface area contributed by atoms with Gasteiger partial charge < -0.3 is 9.47 Å². The molecule has 0 spiro atoms. The van der Waals surface area contributed by atoms with Crippen LogP contribution in [0.1, 0.15) is 6.92 Å². The van der Waals surface area contributed by atoms with Crippen LogP contribution in [-0.2, 0) is 14.3 Å². The van der Waals surface area contributed by atoms with Crippen molar-refractivity contribution in [2.24, 2.45) is 4.99 Å². The third-order valence-corrected chi connectivity index (χ3v) is 1.80. The summed E-state index contributed by atoms with van der Waals surface area (Å²) in [6.45, 7) is 0.703. The summed E-state index contributed by atoms with van der Waals surface area (Å²) < 4.78 is 21.7. The highest BCUT2D eigenvalue weighted by molar-refractivity contribution is 5.80. The topological polar surface area (TPSA) is 47.9 Å². The molecule has 0 aromatic heterocycles. The molecule has 0 saturated carbocycles. The summed E-state index contributed by atoms with van der Waals surface area (Å²) in [5.74, 6) is -0.580. The van der Waals surface area contributed by atoms with Gasteiger partial charge in [-0.1, -0.05) is 0 Å². The highest BCUT2D eigenvalue weighted by atomic mass is 19.1. The second-order valence-corrected chi connectivity index (χ2v) is 2.74. The molecule has 0 saturated heterocycles. The van der Waals surface area contributed by atoms with E-state index >= 15 is 0 Å². The van der Waals surface area contributed by atoms with Crippen molar-refractivity contribution in [1.29, 1.82) is 0 Å². The summed E-state index contributed by atoms with van der Waals surface area (Å²) in [5, 5.41) is 0. The normalized spacial score (nSPS) is 33.1. The molecule has 1 heterocycles. The van der Waals surface area contributed by atoms with Crippen molar-refractivity contribution in [3.63, 3.8) is 0 Å². The average Bonchev–Trinajstić information content (AvgIpc) is 2.47. The standard InChI is InChI=1S/C7H10FNO3/c1-7(3-8)5(6(10)11-2)9-4-12-7/h4-5H,3H2,1-2H3/t5-,7-/m0/s1. The SMILES string of the molecule is COC(=O)[C@@H]1N=CO[C@@]1(C)CF. The second kappa shape index (κ2) is 3.08. The Bertz CT molecular complexity index is 219. The number of carbonyl (C=O) groups is 1. The van der Waals surface area contributed by atoms with Crippen LogP contribution in [0.15, 0.2) is 4.99 Å². The van der Waals surface area contributed by atoms with Crippen molar-refractivity contribution in [3.05, 3.63) is 0 Å². The third-order valence-electron chi connectivity index (χ3n) is 1.80. The molecule has 68 valence electrons. The molecule has 0 N–H and O–H groups in total. The Morgan fingerprint density at radius 2 is 2.58 bits per heavy atom. The van der Waals surface area contributed by atoms with Crippen LogP contribution in [0.3, 0.4) is 0 Å². The fourth-order valence-corrected chi connectivity index (χ4v) is 0.960. The lowest BCUT2D eigenvalue weighted by Gasteiger charge is -2.23. The average molecular weight is 175 g/mol. The monoisotopic (exact) mass is 175 g/mol. The quantitative estimate of drug-likeness (QED) is 0.567. The van der Waals surface area contributed by atoms with Gasteiger partial charge in [0.25, 0.3) is 0 Å². The molecule has 2 atom stereocenters. The van der Waals surface area contributed by atoms with Crippen molar-refractivity contribution in [2.45, 2.75) is 18.6 Å². The Balaban J connectivity index is 2.75. The van der Waals surface area contributed by atoms with E-state index in [9.17, 15) is 9.18 Å². The van der Waals surface area contributed by atoms with Gasteiger partial charge in [0.15, 0.2) is 18.0 Å². The molecule has 4 nitrogen and oxygen atoms in total. The molecule has 0 amide bonds. The van der Waals surface area contributed by atoms with Crippen molar-refractivity contribution >= 4 is 12.4 Å². The molecule has 5 heteroatoms. The van der Waals surface area contributed by atoms with Gasteiger partial charge in [0, 0.05) is 0 Å². The van der Waals surface area contributed by atoms with E-state index in [0.29, 0.717) is 0 Å². The van der Waals surface area contributed by atoms with Crippen LogP contribution < -0.4 is 0 Å². The van der Waals surface area contributed by atoms with Gasteiger partial charge in [-0.2, -0.15) is 0 Å². The van der Waals surface area contributed by atoms with Crippen molar-refractivity contribution in [2.75, 3.05) is 13.8 Å². The lowest BCUT2D eigenvalue weighted by Crippen LogP contribution is -2.44. The van der Waals surface area contributed by atoms with Gasteiger partial charge in [-0.15, -0.1) is 0 Å². The number of esters is 1. The number of aliphatic imine (C=N–C) groups is 1. The van der Waals surface area contributed by atoms with Gasteiger partial charge >= 0.3 is 5.97 Å². The number of methoxy groups -OCH3 is 1. The molecule has 0 unspecified atom stereocenters. The first kappa shape index (κ1) is 8.96. The number of ether oxygens (including phenoxy) is 2. The number of rotatable bonds is 2. The minimum absolute atomic E-state index is 0.580. The molecule has 0 fully saturated rings. The van der Waals surface area contributed by atoms with E-state index in [4.69, 9.17) is 4.74 Å². The van der Waals surface area contributed by atoms with Gasteiger partial charge in [0.2, 0.25) is 0 Å². The Morgan fingerprint density at radius 3 is 3.08 bits per heavy atom. The first-order valence-electron chi connectivity index (χ1n) is 3.47. The fourth-order valence-electron chi connectivity index (χ4n) is 0.960. The van der Waals surface area contributed by atoms with Crippen LogP contribution in [0.5, 0.6) is 0 Å². The largest absolute Gasteiger partial charge is 0.472 e. The highest BCUT2D eigenvalue weighted by Gasteiger charge is 2.45. The van der Waals surface area contributed by atoms with E-state index in [0.717, 1.165) is 6.40 Å². The minimum Gasteiger partial charge on any atom is -0.472 e. The summed E-state index contributed by atoms with van der Waals surface area (Å²) in [6.07, 6.45) is 1.08. The number of halogens is 1. The molecule has 0 radical (unpaired) electrons. The Kier molecular flexibility index (Phi) is 2.30. The van der Waals surface area contributed by atoms with Gasteiger partial charge in [-0.05, 0) is 6.92 Å². The van der Waals surface area contributed by atoms with Crippen LogP contribution in [0.2, 0.25) is 0 Å². The van der Waals surface area contributed by atoms with Crippen molar-refractivity contribution in [1.82, 2.24) is 0 Å². The maximum absolute atomic E-state index is 12.4.